The van der Waals surface area contributed by atoms with Crippen molar-refractivity contribution >= 4 is 0 Å². The second kappa shape index (κ2) is 13.4. The molecule has 0 saturated carbocycles. The van der Waals surface area contributed by atoms with Crippen LogP contribution in [0.3, 0.4) is 0 Å². The van der Waals surface area contributed by atoms with E-state index in [-0.39, 0.29) is 0 Å². The molecular weight excluding hydrogens is 342 g/mol. The molecule has 0 amide bonds. The zero-order valence-corrected chi connectivity index (χ0v) is 18.4. The fraction of sp³-hybridized carbons (Fsp3) is 0.577. The van der Waals surface area contributed by atoms with Crippen LogP contribution in [-0.4, -0.2) is 6.61 Å². The quantitative estimate of drug-likeness (QED) is 0.265. The number of aromatic nitrogens is 1. The van der Waals surface area contributed by atoms with E-state index in [1.54, 1.807) is 0 Å². The van der Waals surface area contributed by atoms with Crippen LogP contribution in [0, 0.1) is 6.92 Å². The Morgan fingerprint density at radius 3 is 2.36 bits per heavy atom. The van der Waals surface area contributed by atoms with Gasteiger partial charge in [0.05, 0.1) is 6.61 Å². The third kappa shape index (κ3) is 8.04. The van der Waals surface area contributed by atoms with Crippen molar-refractivity contribution in [1.29, 1.82) is 0 Å². The Hall–Kier alpha value is -1.83. The summed E-state index contributed by atoms with van der Waals surface area (Å²) in [5.74, 6) is 1.11. The summed E-state index contributed by atoms with van der Waals surface area (Å²) in [4.78, 5) is 0. The number of ether oxygens (including phenoxy) is 1. The van der Waals surface area contributed by atoms with E-state index in [4.69, 9.17) is 4.74 Å². The summed E-state index contributed by atoms with van der Waals surface area (Å²) in [6, 6.07) is 13.3. The van der Waals surface area contributed by atoms with Crippen LogP contribution in [0.15, 0.2) is 42.6 Å². The molecule has 0 N–H and O–H groups in total. The van der Waals surface area contributed by atoms with Crippen molar-refractivity contribution in [3.8, 4) is 5.75 Å². The Bertz CT molecular complexity index is 680. The SMILES string of the molecule is CCCCCc1ccc(OCCCC[n+]2ccccc2C)c(CCCCC)c1. The fourth-order valence-corrected chi connectivity index (χ4v) is 3.65. The van der Waals surface area contributed by atoms with Crippen LogP contribution >= 0.6 is 0 Å². The molecule has 2 rings (SSSR count). The maximum Gasteiger partial charge on any atom is 0.178 e. The predicted octanol–water partition coefficient (Wildman–Crippen LogP) is 6.61. The highest BCUT2D eigenvalue weighted by molar-refractivity contribution is 5.37. The van der Waals surface area contributed by atoms with E-state index < -0.39 is 0 Å². The third-order valence-corrected chi connectivity index (χ3v) is 5.46. The molecule has 1 heterocycles. The molecule has 0 fully saturated rings. The molecular formula is C26H40NO+. The molecule has 0 spiro atoms. The van der Waals surface area contributed by atoms with Crippen LogP contribution < -0.4 is 9.30 Å². The Morgan fingerprint density at radius 2 is 1.61 bits per heavy atom. The lowest BCUT2D eigenvalue weighted by molar-refractivity contribution is -0.703. The first-order chi connectivity index (χ1) is 13.7. The predicted molar refractivity (Wildman–Crippen MR) is 119 cm³/mol. The van der Waals surface area contributed by atoms with Gasteiger partial charge in [0.25, 0.3) is 0 Å². The average Bonchev–Trinajstić information content (AvgIpc) is 2.70. The zero-order valence-electron chi connectivity index (χ0n) is 18.4. The number of pyridine rings is 1. The van der Waals surface area contributed by atoms with Crippen molar-refractivity contribution in [3.63, 3.8) is 0 Å². The van der Waals surface area contributed by atoms with Crippen LogP contribution in [0.4, 0.5) is 0 Å². The summed E-state index contributed by atoms with van der Waals surface area (Å²) in [5, 5.41) is 0. The van der Waals surface area contributed by atoms with Gasteiger partial charge >= 0.3 is 0 Å². The monoisotopic (exact) mass is 382 g/mol. The van der Waals surface area contributed by atoms with Crippen molar-refractivity contribution in [2.75, 3.05) is 6.61 Å². The molecule has 0 radical (unpaired) electrons. The number of hydrogen-bond donors (Lipinski definition) is 0. The van der Waals surface area contributed by atoms with Crippen LogP contribution in [0.1, 0.15) is 82.0 Å². The van der Waals surface area contributed by atoms with Crippen molar-refractivity contribution in [2.24, 2.45) is 0 Å². The highest BCUT2D eigenvalue weighted by atomic mass is 16.5. The Labute approximate surface area is 173 Å². The minimum Gasteiger partial charge on any atom is -0.493 e. The van der Waals surface area contributed by atoms with Gasteiger partial charge in [-0.1, -0.05) is 57.7 Å². The van der Waals surface area contributed by atoms with Crippen LogP contribution in [0.2, 0.25) is 0 Å². The highest BCUT2D eigenvalue weighted by Gasteiger charge is 2.07. The van der Waals surface area contributed by atoms with E-state index >= 15 is 0 Å². The largest absolute Gasteiger partial charge is 0.493 e. The van der Waals surface area contributed by atoms with Gasteiger partial charge < -0.3 is 4.74 Å². The smallest absolute Gasteiger partial charge is 0.178 e. The number of hydrogen-bond acceptors (Lipinski definition) is 1. The summed E-state index contributed by atoms with van der Waals surface area (Å²) in [6.45, 7) is 8.58. The molecule has 0 unspecified atom stereocenters. The van der Waals surface area contributed by atoms with Crippen molar-refractivity contribution in [1.82, 2.24) is 0 Å². The maximum absolute atomic E-state index is 6.21. The Kier molecular flexibility index (Phi) is 10.7. The van der Waals surface area contributed by atoms with Crippen molar-refractivity contribution in [3.05, 3.63) is 59.4 Å². The normalized spacial score (nSPS) is 11.0. The maximum atomic E-state index is 6.21. The molecule has 2 nitrogen and oxygen atoms in total. The number of benzene rings is 1. The van der Waals surface area contributed by atoms with Gasteiger partial charge in [-0.15, -0.1) is 0 Å². The lowest BCUT2D eigenvalue weighted by Crippen LogP contribution is -2.36. The number of unbranched alkanes of at least 4 members (excludes halogenated alkanes) is 5. The summed E-state index contributed by atoms with van der Waals surface area (Å²) in [5.41, 5.74) is 4.21. The molecule has 2 aromatic rings. The molecule has 0 aliphatic heterocycles. The number of rotatable bonds is 14. The van der Waals surface area contributed by atoms with Gasteiger partial charge in [0.2, 0.25) is 0 Å². The summed E-state index contributed by atoms with van der Waals surface area (Å²) in [6.07, 6.45) is 14.5. The van der Waals surface area contributed by atoms with Crippen molar-refractivity contribution < 1.29 is 9.30 Å². The molecule has 0 bridgehead atoms. The second-order valence-corrected chi connectivity index (χ2v) is 7.95. The van der Waals surface area contributed by atoms with Gasteiger partial charge in [-0.25, -0.2) is 4.57 Å². The summed E-state index contributed by atoms with van der Waals surface area (Å²) >= 11 is 0. The van der Waals surface area contributed by atoms with Crippen LogP contribution in [-0.2, 0) is 19.4 Å². The van der Waals surface area contributed by atoms with Gasteiger partial charge in [-0.3, -0.25) is 0 Å². The lowest BCUT2D eigenvalue weighted by Gasteiger charge is -2.13. The van der Waals surface area contributed by atoms with E-state index in [9.17, 15) is 0 Å². The highest BCUT2D eigenvalue weighted by Crippen LogP contribution is 2.24. The molecule has 0 atom stereocenters. The number of aryl methyl sites for hydroxylation is 4. The minimum absolute atomic E-state index is 0.808. The molecule has 0 aliphatic rings. The Balaban J connectivity index is 1.84. The minimum atomic E-state index is 0.808. The first-order valence-corrected chi connectivity index (χ1v) is 11.4. The van der Waals surface area contributed by atoms with Gasteiger partial charge in [0, 0.05) is 25.5 Å². The molecule has 1 aromatic carbocycles. The van der Waals surface area contributed by atoms with Crippen LogP contribution in [0.5, 0.6) is 5.75 Å². The first kappa shape index (κ1) is 22.5. The fourth-order valence-electron chi connectivity index (χ4n) is 3.65. The van der Waals surface area contributed by atoms with Gasteiger partial charge in [-0.05, 0) is 49.3 Å². The van der Waals surface area contributed by atoms with E-state index in [0.29, 0.717) is 0 Å². The molecule has 0 saturated heterocycles. The number of nitrogens with zero attached hydrogens (tertiary/aromatic N) is 1. The molecule has 28 heavy (non-hydrogen) atoms. The van der Waals surface area contributed by atoms with E-state index in [0.717, 1.165) is 38.2 Å². The first-order valence-electron chi connectivity index (χ1n) is 11.4. The molecule has 1 aromatic heterocycles. The van der Waals surface area contributed by atoms with Gasteiger partial charge in [-0.2, -0.15) is 0 Å². The van der Waals surface area contributed by atoms with E-state index in [2.05, 4.69) is 67.9 Å². The molecule has 154 valence electrons. The molecule has 2 heteroatoms. The topological polar surface area (TPSA) is 13.1 Å². The van der Waals surface area contributed by atoms with E-state index in [1.165, 1.54) is 61.8 Å². The van der Waals surface area contributed by atoms with Gasteiger partial charge in [0.15, 0.2) is 11.9 Å². The second-order valence-electron chi connectivity index (χ2n) is 7.95. The standard InChI is InChI=1S/C26H40NO/c1-4-6-8-15-24-17-18-26(25(22-24)16-9-7-5-2)28-21-13-12-20-27-19-11-10-14-23(27)3/h10-11,14,17-19,22H,4-9,12-13,15-16,20-21H2,1-3H3/q+1. The average molecular weight is 383 g/mol. The zero-order chi connectivity index (χ0) is 20.0. The van der Waals surface area contributed by atoms with E-state index in [1.807, 2.05) is 0 Å². The summed E-state index contributed by atoms with van der Waals surface area (Å²) < 4.78 is 8.53. The van der Waals surface area contributed by atoms with Gasteiger partial charge in [0.1, 0.15) is 12.3 Å². The lowest BCUT2D eigenvalue weighted by atomic mass is 10.00. The van der Waals surface area contributed by atoms with Crippen molar-refractivity contribution in [2.45, 2.75) is 91.5 Å². The third-order valence-electron chi connectivity index (χ3n) is 5.46. The van der Waals surface area contributed by atoms with Crippen LogP contribution in [0.25, 0.3) is 0 Å². The molecule has 0 aliphatic carbocycles. The summed E-state index contributed by atoms with van der Waals surface area (Å²) in [7, 11) is 0. The Morgan fingerprint density at radius 1 is 0.821 bits per heavy atom.